The fraction of sp³-hybridized carbons (Fsp3) is 0.750. The molecule has 0 unspecified atom stereocenters. The third-order valence-corrected chi connectivity index (χ3v) is 3.13. The van der Waals surface area contributed by atoms with Gasteiger partial charge >= 0.3 is 23.7 Å². The van der Waals surface area contributed by atoms with E-state index in [1.54, 1.807) is 0 Å². The van der Waals surface area contributed by atoms with Gasteiger partial charge in [-0.1, -0.05) is 0 Å². The van der Waals surface area contributed by atoms with Crippen LogP contribution in [0.5, 0.6) is 0 Å². The average molecular weight is 288 g/mol. The Balaban J connectivity index is 2.86. The lowest BCUT2D eigenvalue weighted by molar-refractivity contribution is -0.430. The van der Waals surface area contributed by atoms with E-state index in [1.807, 2.05) is 0 Å². The Morgan fingerprint density at radius 1 is 0.722 bits per heavy atom. The molecular weight excluding hydrogens is 286 g/mol. The first-order chi connectivity index (χ1) is 7.76. The fourth-order valence-electron chi connectivity index (χ4n) is 2.05. The van der Waals surface area contributed by atoms with Crippen LogP contribution in [0, 0.1) is 5.92 Å². The number of halogens is 10. The van der Waals surface area contributed by atoms with Crippen LogP contribution in [0.15, 0.2) is 11.9 Å². The molecule has 0 nitrogen and oxygen atoms in total. The highest BCUT2D eigenvalue weighted by atomic mass is 19.3. The topological polar surface area (TPSA) is 0 Å². The van der Waals surface area contributed by atoms with Gasteiger partial charge in [-0.25, -0.2) is 8.78 Å². The van der Waals surface area contributed by atoms with Crippen molar-refractivity contribution in [3.8, 4) is 0 Å². The fourth-order valence-corrected chi connectivity index (χ4v) is 2.05. The Labute approximate surface area is 92.2 Å². The Hall–Kier alpha value is -0.960. The predicted molar refractivity (Wildman–Crippen MR) is 36.3 cm³/mol. The molecule has 0 atom stereocenters. The van der Waals surface area contributed by atoms with Crippen molar-refractivity contribution in [1.29, 1.82) is 0 Å². The van der Waals surface area contributed by atoms with Crippen LogP contribution < -0.4 is 0 Å². The van der Waals surface area contributed by atoms with Gasteiger partial charge in [-0.15, -0.1) is 0 Å². The summed E-state index contributed by atoms with van der Waals surface area (Å²) in [5.41, 5.74) is -6.07. The van der Waals surface area contributed by atoms with Crippen LogP contribution in [0.1, 0.15) is 0 Å². The first-order valence-corrected chi connectivity index (χ1v) is 4.34. The average Bonchev–Trinajstić information content (AvgIpc) is 2.19. The molecule has 0 heterocycles. The molecule has 3 rings (SSSR count). The normalized spacial score (nSPS) is 42.6. The molecule has 0 amide bonds. The van der Waals surface area contributed by atoms with Crippen molar-refractivity contribution in [2.24, 2.45) is 5.92 Å². The number of hydrogen-bond acceptors (Lipinski definition) is 0. The number of fused-ring (bicyclic) bond motifs is 2. The zero-order chi connectivity index (χ0) is 14.4. The Morgan fingerprint density at radius 3 is 1.39 bits per heavy atom. The first kappa shape index (κ1) is 13.5. The van der Waals surface area contributed by atoms with Crippen molar-refractivity contribution in [1.82, 2.24) is 0 Å². The van der Waals surface area contributed by atoms with Crippen molar-refractivity contribution < 1.29 is 43.9 Å². The highest BCUT2D eigenvalue weighted by molar-refractivity contribution is 5.40. The minimum absolute atomic E-state index is 0.908. The van der Waals surface area contributed by atoms with Crippen LogP contribution in [0.2, 0.25) is 0 Å². The van der Waals surface area contributed by atoms with Gasteiger partial charge in [0.2, 0.25) is 0 Å². The molecule has 0 spiro atoms. The number of hydrogen-bond donors (Lipinski definition) is 0. The maximum Gasteiger partial charge on any atom is 0.356 e. The van der Waals surface area contributed by atoms with Gasteiger partial charge in [-0.2, -0.15) is 35.1 Å². The Morgan fingerprint density at radius 2 is 1.06 bits per heavy atom. The van der Waals surface area contributed by atoms with E-state index in [0.29, 0.717) is 0 Å². The van der Waals surface area contributed by atoms with E-state index in [9.17, 15) is 43.9 Å². The minimum atomic E-state index is -6.28. The van der Waals surface area contributed by atoms with E-state index in [1.165, 1.54) is 0 Å². The van der Waals surface area contributed by atoms with Gasteiger partial charge in [0.25, 0.3) is 5.67 Å². The summed E-state index contributed by atoms with van der Waals surface area (Å²) >= 11 is 0. The van der Waals surface area contributed by atoms with Crippen LogP contribution in [0.3, 0.4) is 0 Å². The summed E-state index contributed by atoms with van der Waals surface area (Å²) in [4.78, 5) is 0. The van der Waals surface area contributed by atoms with Gasteiger partial charge in [0.05, 0.1) is 0 Å². The van der Waals surface area contributed by atoms with Gasteiger partial charge in [-0.05, 0) is 6.08 Å². The lowest BCUT2D eigenvalue weighted by atomic mass is 9.63. The van der Waals surface area contributed by atoms with Gasteiger partial charge in [0.15, 0.2) is 0 Å². The van der Waals surface area contributed by atoms with Crippen LogP contribution >= 0.6 is 0 Å². The Bertz CT molecular complexity index is 405. The van der Waals surface area contributed by atoms with Crippen LogP contribution in [0.4, 0.5) is 43.9 Å². The molecule has 104 valence electrons. The maximum absolute atomic E-state index is 13.4. The third kappa shape index (κ3) is 0.911. The summed E-state index contributed by atoms with van der Waals surface area (Å²) in [5, 5.41) is 0. The van der Waals surface area contributed by atoms with Crippen molar-refractivity contribution in [3.63, 3.8) is 0 Å². The molecule has 0 aromatic carbocycles. The van der Waals surface area contributed by atoms with Gasteiger partial charge in [0.1, 0.15) is 11.7 Å². The molecule has 10 heteroatoms. The lowest BCUT2D eigenvalue weighted by Gasteiger charge is -2.54. The zero-order valence-electron chi connectivity index (χ0n) is 7.93. The third-order valence-electron chi connectivity index (χ3n) is 3.13. The number of allylic oxidation sites excluding steroid dienone is 2. The zero-order valence-corrected chi connectivity index (χ0v) is 7.93. The smallest absolute Gasteiger partial charge is 0.222 e. The molecule has 0 aliphatic heterocycles. The van der Waals surface area contributed by atoms with Crippen LogP contribution in [-0.4, -0.2) is 29.4 Å². The largest absolute Gasteiger partial charge is 0.356 e. The summed E-state index contributed by atoms with van der Waals surface area (Å²) in [5.74, 6) is -31.4. The van der Waals surface area contributed by atoms with Crippen LogP contribution in [0.25, 0.3) is 0 Å². The Kier molecular flexibility index (Phi) is 2.09. The number of rotatable bonds is 0. The molecule has 3 aliphatic carbocycles. The highest BCUT2D eigenvalue weighted by Crippen LogP contribution is 2.71. The monoisotopic (exact) mass is 288 g/mol. The van der Waals surface area contributed by atoms with Crippen molar-refractivity contribution >= 4 is 0 Å². The molecule has 0 radical (unpaired) electrons. The van der Waals surface area contributed by atoms with Gasteiger partial charge in [0, 0.05) is 0 Å². The van der Waals surface area contributed by atoms with E-state index in [4.69, 9.17) is 0 Å². The van der Waals surface area contributed by atoms with Gasteiger partial charge in [-0.3, -0.25) is 0 Å². The summed E-state index contributed by atoms with van der Waals surface area (Å²) in [6.45, 7) is 0. The van der Waals surface area contributed by atoms with Crippen molar-refractivity contribution in [2.75, 3.05) is 0 Å². The second-order valence-corrected chi connectivity index (χ2v) is 4.05. The minimum Gasteiger partial charge on any atom is -0.222 e. The molecule has 1 saturated carbocycles. The quantitative estimate of drug-likeness (QED) is 0.596. The van der Waals surface area contributed by atoms with Crippen molar-refractivity contribution in [3.05, 3.63) is 11.9 Å². The summed E-state index contributed by atoms with van der Waals surface area (Å²) in [6, 6.07) is 0. The second-order valence-electron chi connectivity index (χ2n) is 4.05. The molecule has 3 aliphatic rings. The maximum atomic E-state index is 13.4. The molecule has 0 N–H and O–H groups in total. The van der Waals surface area contributed by atoms with Crippen LogP contribution in [-0.2, 0) is 0 Å². The molecule has 18 heavy (non-hydrogen) atoms. The molecule has 2 bridgehead atoms. The molecule has 0 aromatic rings. The van der Waals surface area contributed by atoms with E-state index in [0.717, 1.165) is 0 Å². The lowest BCUT2D eigenvalue weighted by Crippen LogP contribution is -2.81. The predicted octanol–water partition coefficient (Wildman–Crippen LogP) is 3.73. The molecule has 0 saturated heterocycles. The highest BCUT2D eigenvalue weighted by Gasteiger charge is 2.97. The standard InChI is InChI=1S/C8H2F10/c9-3-1-2-5(11,12)7(15,16)4(3,10)8(17,18)6(2,13)14/h1-2H. The van der Waals surface area contributed by atoms with E-state index in [-0.39, 0.29) is 0 Å². The number of alkyl halides is 9. The van der Waals surface area contributed by atoms with Gasteiger partial charge < -0.3 is 0 Å². The summed E-state index contributed by atoms with van der Waals surface area (Å²) < 4.78 is 130. The molecule has 1 fully saturated rings. The van der Waals surface area contributed by atoms with E-state index in [2.05, 4.69) is 0 Å². The summed E-state index contributed by atoms with van der Waals surface area (Å²) in [7, 11) is 0. The SMILES string of the molecule is FC1=CC2C(F)(F)C(F)(F)C1(F)C(F)(F)C2(F)F. The van der Waals surface area contributed by atoms with Crippen molar-refractivity contribution in [2.45, 2.75) is 29.4 Å². The molecular formula is C8H2F10. The molecule has 0 aromatic heterocycles. The second kappa shape index (κ2) is 2.79. The van der Waals surface area contributed by atoms with E-state index >= 15 is 0 Å². The van der Waals surface area contributed by atoms with E-state index < -0.39 is 47.2 Å². The first-order valence-electron chi connectivity index (χ1n) is 4.34. The summed E-state index contributed by atoms with van der Waals surface area (Å²) in [6.07, 6.45) is -0.908.